The van der Waals surface area contributed by atoms with Crippen molar-refractivity contribution in [3.05, 3.63) is 161 Å². The number of ether oxygens (including phenoxy) is 4. The maximum atomic E-state index is 13.0. The molecule has 0 aliphatic rings. The van der Waals surface area contributed by atoms with Crippen LogP contribution in [0.5, 0.6) is 35.0 Å². The standard InChI is InChI=1S/C22H18ClF3N4O4.C22H19F3N4O5.Cl2OS/c1-28-18-17(19(31)29(2)21(28)32)30(12-14-8-6-13(11-23)7-9-14)20(27-18)33-15-4-3-5-16(10-15)34-22(24,25)26;1-27-18-17(19(31)28(2)21(27)32)29(11-13-6-8-14(12-30)9-7-13)20(26-18)33-15-4-3-5-16(10-15)34-22(23,24)25;1-4(2)3/h3-10H,11-12H2,1-2H3;3-10,30H,11-12H2,1-2H3;. The lowest BCUT2D eigenvalue weighted by molar-refractivity contribution is -0.275. The number of aliphatic hydroxyl groups excluding tert-OH is 1. The van der Waals surface area contributed by atoms with Gasteiger partial charge in [-0.15, -0.1) is 37.9 Å². The minimum absolute atomic E-state index is 0.00221. The van der Waals surface area contributed by atoms with Crippen LogP contribution < -0.4 is 41.4 Å². The Morgan fingerprint density at radius 1 is 0.556 bits per heavy atom. The predicted molar refractivity (Wildman–Crippen MR) is 253 cm³/mol. The van der Waals surface area contributed by atoms with Crippen LogP contribution in [0, 0.1) is 0 Å². The largest absolute Gasteiger partial charge is 0.573 e. The number of aliphatic hydroxyl groups is 1. The first-order valence-corrected chi connectivity index (χ1v) is 23.7. The zero-order valence-corrected chi connectivity index (χ0v) is 40.7. The second-order valence-corrected chi connectivity index (χ2v) is 17.9. The maximum absolute atomic E-state index is 13.0. The van der Waals surface area contributed by atoms with Gasteiger partial charge in [0.25, 0.3) is 11.1 Å². The average molecular weight is 1090 g/mol. The molecular formula is C44H37Cl3F6N8O10S. The van der Waals surface area contributed by atoms with Crippen LogP contribution in [0.3, 0.4) is 0 Å². The van der Waals surface area contributed by atoms with Crippen LogP contribution in [0.25, 0.3) is 22.3 Å². The van der Waals surface area contributed by atoms with Crippen molar-refractivity contribution >= 4 is 64.5 Å². The number of aryl methyl sites for hydroxylation is 2. The van der Waals surface area contributed by atoms with Gasteiger partial charge in [0.05, 0.1) is 19.7 Å². The van der Waals surface area contributed by atoms with Crippen LogP contribution in [-0.4, -0.2) is 59.4 Å². The average Bonchev–Trinajstić information content (AvgIpc) is 3.85. The number of rotatable bonds is 12. The first-order valence-electron chi connectivity index (χ1n) is 20.3. The van der Waals surface area contributed by atoms with Crippen molar-refractivity contribution in [2.24, 2.45) is 28.2 Å². The molecule has 4 heterocycles. The third kappa shape index (κ3) is 13.3. The normalized spacial score (nSPS) is 11.5. The van der Waals surface area contributed by atoms with Gasteiger partial charge in [0.2, 0.25) is 9.23 Å². The second-order valence-electron chi connectivity index (χ2n) is 15.1. The zero-order valence-electron chi connectivity index (χ0n) is 37.6. The summed E-state index contributed by atoms with van der Waals surface area (Å²) in [5.41, 5.74) is 1.02. The molecule has 0 saturated carbocycles. The van der Waals surface area contributed by atoms with Crippen LogP contribution in [-0.2, 0) is 63.0 Å². The molecule has 0 aliphatic carbocycles. The Kier molecular flexibility index (Phi) is 17.0. The van der Waals surface area contributed by atoms with E-state index in [0.717, 1.165) is 50.1 Å². The van der Waals surface area contributed by atoms with E-state index < -0.39 is 55.9 Å². The Morgan fingerprint density at radius 2 is 0.889 bits per heavy atom. The molecule has 0 fully saturated rings. The Balaban J connectivity index is 0.000000219. The van der Waals surface area contributed by atoms with Crippen molar-refractivity contribution in [2.45, 2.75) is 38.3 Å². The Hall–Kier alpha value is -7.06. The van der Waals surface area contributed by atoms with Crippen molar-refractivity contribution in [3.63, 3.8) is 0 Å². The molecule has 0 aliphatic heterocycles. The summed E-state index contributed by atoms with van der Waals surface area (Å²) in [5.74, 6) is -0.654. The summed E-state index contributed by atoms with van der Waals surface area (Å²) >= 11 is 5.85. The number of alkyl halides is 7. The van der Waals surface area contributed by atoms with E-state index in [0.29, 0.717) is 11.4 Å². The summed E-state index contributed by atoms with van der Waals surface area (Å²) in [4.78, 5) is 59.3. The van der Waals surface area contributed by atoms with Gasteiger partial charge < -0.3 is 24.1 Å². The number of nitrogens with zero attached hydrogens (tertiary/aromatic N) is 8. The van der Waals surface area contributed by atoms with Gasteiger partial charge in [-0.25, -0.2) is 13.8 Å². The van der Waals surface area contributed by atoms with Crippen molar-refractivity contribution in [1.29, 1.82) is 0 Å². The SMILES string of the molecule is Cn1c(=O)c2c(nc(Oc3cccc(OC(F)(F)F)c3)n2Cc2ccc(CCl)cc2)n(C)c1=O.Cn1c(=O)c2c(nc(Oc3cccc(OC(F)(F)F)c3)n2Cc2ccc(CO)cc2)n(C)c1=O.O=S(Cl)Cl. The zero-order chi connectivity index (χ0) is 52.8. The molecule has 0 saturated heterocycles. The smallest absolute Gasteiger partial charge is 0.425 e. The van der Waals surface area contributed by atoms with E-state index in [1.54, 1.807) is 24.3 Å². The van der Waals surface area contributed by atoms with E-state index in [1.807, 2.05) is 24.3 Å². The van der Waals surface area contributed by atoms with Gasteiger partial charge in [0.1, 0.15) is 23.0 Å². The summed E-state index contributed by atoms with van der Waals surface area (Å²) < 4.78 is 111. The third-order valence-electron chi connectivity index (χ3n) is 10.2. The van der Waals surface area contributed by atoms with E-state index in [2.05, 4.69) is 40.8 Å². The van der Waals surface area contributed by atoms with Crippen molar-refractivity contribution < 1.29 is 54.6 Å². The van der Waals surface area contributed by atoms with Gasteiger partial charge >= 0.3 is 36.1 Å². The number of halogens is 9. The molecule has 28 heteroatoms. The fourth-order valence-corrected chi connectivity index (χ4v) is 7.01. The minimum Gasteiger partial charge on any atom is -0.425 e. The van der Waals surface area contributed by atoms with Crippen LogP contribution in [0.2, 0.25) is 0 Å². The van der Waals surface area contributed by atoms with Crippen LogP contribution in [0.1, 0.15) is 22.3 Å². The number of aromatic nitrogens is 8. The molecule has 0 radical (unpaired) electrons. The summed E-state index contributed by atoms with van der Waals surface area (Å²) in [6.07, 6.45) is -9.75. The summed E-state index contributed by atoms with van der Waals surface area (Å²) in [6, 6.07) is 23.8. The van der Waals surface area contributed by atoms with Crippen molar-refractivity contribution in [1.82, 2.24) is 37.4 Å². The molecule has 0 bridgehead atoms. The molecule has 18 nitrogen and oxygen atoms in total. The van der Waals surface area contributed by atoms with E-state index in [9.17, 15) is 50.6 Å². The van der Waals surface area contributed by atoms with Gasteiger partial charge in [-0.1, -0.05) is 60.7 Å². The van der Waals surface area contributed by atoms with E-state index in [4.69, 9.17) is 25.3 Å². The molecule has 4 aromatic heterocycles. The maximum Gasteiger partial charge on any atom is 0.573 e. The molecule has 72 heavy (non-hydrogen) atoms. The van der Waals surface area contributed by atoms with E-state index in [1.165, 1.54) is 70.7 Å². The van der Waals surface area contributed by atoms with Gasteiger partial charge in [0, 0.05) is 67.6 Å². The van der Waals surface area contributed by atoms with Gasteiger partial charge in [-0.3, -0.25) is 37.0 Å². The van der Waals surface area contributed by atoms with Gasteiger partial charge in [-0.2, -0.15) is 9.97 Å². The first-order chi connectivity index (χ1) is 33.9. The fraction of sp³-hybridized carbons (Fsp3) is 0.227. The van der Waals surface area contributed by atoms with E-state index >= 15 is 0 Å². The predicted octanol–water partition coefficient (Wildman–Crippen LogP) is 7.62. The Labute approximate surface area is 417 Å². The number of fused-ring (bicyclic) bond motifs is 2. The van der Waals surface area contributed by atoms with Crippen LogP contribution >= 0.6 is 33.0 Å². The van der Waals surface area contributed by atoms with E-state index in [-0.39, 0.29) is 65.5 Å². The topological polar surface area (TPSA) is 198 Å². The Bertz CT molecular complexity index is 3290. The number of imidazole rings is 2. The fourth-order valence-electron chi connectivity index (χ4n) is 6.83. The number of benzene rings is 4. The quantitative estimate of drug-likeness (QED) is 0.0715. The molecular weight excluding hydrogens is 1050 g/mol. The molecule has 8 rings (SSSR count). The summed E-state index contributed by atoms with van der Waals surface area (Å²) in [7, 11) is 12.9. The molecule has 382 valence electrons. The van der Waals surface area contributed by atoms with Crippen LogP contribution in [0.15, 0.2) is 116 Å². The third-order valence-corrected chi connectivity index (χ3v) is 10.5. The van der Waals surface area contributed by atoms with Gasteiger partial charge in [0.15, 0.2) is 22.3 Å². The lowest BCUT2D eigenvalue weighted by Crippen LogP contribution is -2.37. The monoisotopic (exact) mass is 1090 g/mol. The lowest BCUT2D eigenvalue weighted by Gasteiger charge is -2.12. The summed E-state index contributed by atoms with van der Waals surface area (Å²) in [6.45, 7) is 0.103. The second kappa shape index (κ2) is 22.6. The highest BCUT2D eigenvalue weighted by atomic mass is 36.0. The van der Waals surface area contributed by atoms with Crippen molar-refractivity contribution in [2.75, 3.05) is 0 Å². The minimum atomic E-state index is -4.88. The number of hydrogen-bond donors (Lipinski definition) is 1. The highest BCUT2D eigenvalue weighted by Gasteiger charge is 2.32. The highest BCUT2D eigenvalue weighted by molar-refractivity contribution is 8.26. The summed E-state index contributed by atoms with van der Waals surface area (Å²) in [5, 5.41) is 9.26. The lowest BCUT2D eigenvalue weighted by atomic mass is 10.1. The molecule has 1 N–H and O–H groups in total. The molecule has 4 aromatic carbocycles. The molecule has 0 unspecified atom stereocenters. The number of hydrogen-bond acceptors (Lipinski definition) is 12. The Morgan fingerprint density at radius 3 is 1.22 bits per heavy atom. The first kappa shape index (κ1) is 54.3. The molecule has 8 aromatic rings. The van der Waals surface area contributed by atoms with Crippen LogP contribution in [0.4, 0.5) is 26.3 Å². The molecule has 0 atom stereocenters. The molecule has 0 amide bonds. The highest BCUT2D eigenvalue weighted by Crippen LogP contribution is 2.32. The van der Waals surface area contributed by atoms with Crippen molar-refractivity contribution in [3.8, 4) is 35.0 Å². The van der Waals surface area contributed by atoms with Gasteiger partial charge in [-0.05, 0) is 46.5 Å². The molecule has 0 spiro atoms.